The molecule has 1 aromatic rings. The molecule has 0 aliphatic carbocycles. The van der Waals surface area contributed by atoms with E-state index in [0.29, 0.717) is 19.6 Å². The summed E-state index contributed by atoms with van der Waals surface area (Å²) in [6, 6.07) is 6.05. The minimum absolute atomic E-state index is 0.0155. The van der Waals surface area contributed by atoms with E-state index < -0.39 is 17.5 Å². The van der Waals surface area contributed by atoms with Crippen LogP contribution < -0.4 is 10.1 Å². The third-order valence-electron chi connectivity index (χ3n) is 3.74. The van der Waals surface area contributed by atoms with Crippen LogP contribution in [0, 0.1) is 5.82 Å². The second-order valence-electron chi connectivity index (χ2n) is 5.39. The van der Waals surface area contributed by atoms with E-state index in [0.717, 1.165) is 0 Å². The fourth-order valence-electron chi connectivity index (χ4n) is 2.26. The summed E-state index contributed by atoms with van der Waals surface area (Å²) in [5.41, 5.74) is -0.897. The molecular formula is C15H22FNO4. The van der Waals surface area contributed by atoms with E-state index in [9.17, 15) is 14.6 Å². The molecule has 5 nitrogen and oxygen atoms in total. The van der Waals surface area contributed by atoms with Gasteiger partial charge in [0.2, 0.25) is 0 Å². The maximum atomic E-state index is 13.3. The number of ether oxygens (including phenoxy) is 2. The molecule has 3 atom stereocenters. The van der Waals surface area contributed by atoms with Crippen molar-refractivity contribution in [2.75, 3.05) is 26.3 Å². The molecule has 0 saturated carbocycles. The fourth-order valence-corrected chi connectivity index (χ4v) is 2.26. The van der Waals surface area contributed by atoms with Crippen LogP contribution in [-0.2, 0) is 4.74 Å². The van der Waals surface area contributed by atoms with E-state index in [-0.39, 0.29) is 25.0 Å². The molecule has 3 N–H and O–H groups in total. The van der Waals surface area contributed by atoms with Gasteiger partial charge in [-0.15, -0.1) is 0 Å². The van der Waals surface area contributed by atoms with Crippen molar-refractivity contribution in [3.05, 3.63) is 30.1 Å². The number of rotatable bonds is 7. The Hall–Kier alpha value is -1.21. The smallest absolute Gasteiger partial charge is 0.165 e. The molecule has 0 spiro atoms. The summed E-state index contributed by atoms with van der Waals surface area (Å²) in [5, 5.41) is 23.1. The second kappa shape index (κ2) is 7.17. The normalized spacial score (nSPS) is 26.8. The molecule has 0 aromatic heterocycles. The lowest BCUT2D eigenvalue weighted by Gasteiger charge is -2.26. The molecule has 1 aliphatic rings. The van der Waals surface area contributed by atoms with E-state index in [2.05, 4.69) is 5.32 Å². The predicted octanol–water partition coefficient (Wildman–Crippen LogP) is 0.695. The molecule has 21 heavy (non-hydrogen) atoms. The first-order valence-corrected chi connectivity index (χ1v) is 7.11. The molecule has 1 fully saturated rings. The Morgan fingerprint density at radius 2 is 2.29 bits per heavy atom. The van der Waals surface area contributed by atoms with E-state index in [4.69, 9.17) is 9.47 Å². The molecule has 6 heteroatoms. The Morgan fingerprint density at radius 3 is 2.95 bits per heavy atom. The molecule has 0 radical (unpaired) electrons. The summed E-state index contributed by atoms with van der Waals surface area (Å²) in [7, 11) is 0. The van der Waals surface area contributed by atoms with Gasteiger partial charge in [-0.1, -0.05) is 12.1 Å². The van der Waals surface area contributed by atoms with Crippen molar-refractivity contribution in [1.82, 2.24) is 5.32 Å². The van der Waals surface area contributed by atoms with Crippen LogP contribution in [0.2, 0.25) is 0 Å². The Balaban J connectivity index is 1.68. The van der Waals surface area contributed by atoms with Crippen molar-refractivity contribution in [1.29, 1.82) is 0 Å². The first kappa shape index (κ1) is 16.2. The van der Waals surface area contributed by atoms with Gasteiger partial charge in [0.05, 0.1) is 6.10 Å². The summed E-state index contributed by atoms with van der Waals surface area (Å²) in [6.45, 7) is 2.94. The Kier molecular flexibility index (Phi) is 5.52. The molecule has 2 rings (SSSR count). The number of aliphatic hydroxyl groups is 2. The topological polar surface area (TPSA) is 71.0 Å². The van der Waals surface area contributed by atoms with Gasteiger partial charge in [0.15, 0.2) is 11.6 Å². The highest BCUT2D eigenvalue weighted by atomic mass is 19.1. The van der Waals surface area contributed by atoms with Gasteiger partial charge in [0, 0.05) is 26.1 Å². The van der Waals surface area contributed by atoms with Gasteiger partial charge in [-0.2, -0.15) is 0 Å². The number of aliphatic hydroxyl groups excluding tert-OH is 1. The number of hydrogen-bond donors (Lipinski definition) is 3. The molecular weight excluding hydrogens is 277 g/mol. The zero-order valence-corrected chi connectivity index (χ0v) is 12.1. The molecule has 0 amide bonds. The zero-order valence-electron chi connectivity index (χ0n) is 12.1. The summed E-state index contributed by atoms with van der Waals surface area (Å²) in [6.07, 6.45) is -0.439. The highest BCUT2D eigenvalue weighted by molar-refractivity contribution is 5.23. The largest absolute Gasteiger partial charge is 0.488 e. The van der Waals surface area contributed by atoms with Gasteiger partial charge in [-0.3, -0.25) is 0 Å². The van der Waals surface area contributed by atoms with E-state index in [1.165, 1.54) is 12.1 Å². The first-order chi connectivity index (χ1) is 10.0. The number of benzene rings is 1. The van der Waals surface area contributed by atoms with E-state index in [1.54, 1.807) is 12.1 Å². The Labute approximate surface area is 123 Å². The quantitative estimate of drug-likeness (QED) is 0.691. The van der Waals surface area contributed by atoms with Crippen LogP contribution in [0.3, 0.4) is 0 Å². The molecule has 118 valence electrons. The molecule has 1 saturated heterocycles. The van der Waals surface area contributed by atoms with Crippen LogP contribution >= 0.6 is 0 Å². The van der Waals surface area contributed by atoms with Crippen LogP contribution in [0.15, 0.2) is 24.3 Å². The van der Waals surface area contributed by atoms with Crippen molar-refractivity contribution >= 4 is 0 Å². The van der Waals surface area contributed by atoms with Crippen molar-refractivity contribution in [2.24, 2.45) is 0 Å². The molecule has 1 aromatic carbocycles. The minimum atomic E-state index is -0.897. The first-order valence-electron chi connectivity index (χ1n) is 7.11. The summed E-state index contributed by atoms with van der Waals surface area (Å²) in [4.78, 5) is 0. The van der Waals surface area contributed by atoms with Crippen LogP contribution in [0.5, 0.6) is 5.75 Å². The molecule has 0 bridgehead atoms. The van der Waals surface area contributed by atoms with Gasteiger partial charge in [-0.25, -0.2) is 4.39 Å². The third-order valence-corrected chi connectivity index (χ3v) is 3.74. The molecule has 1 heterocycles. The van der Waals surface area contributed by atoms with Gasteiger partial charge in [0.1, 0.15) is 18.3 Å². The average molecular weight is 299 g/mol. The second-order valence-corrected chi connectivity index (χ2v) is 5.39. The van der Waals surface area contributed by atoms with Crippen molar-refractivity contribution in [3.63, 3.8) is 0 Å². The van der Waals surface area contributed by atoms with Crippen molar-refractivity contribution < 1.29 is 24.1 Å². The molecule has 1 aliphatic heterocycles. The highest BCUT2D eigenvalue weighted by Gasteiger charge is 2.39. The lowest BCUT2D eigenvalue weighted by Crippen LogP contribution is -2.47. The number of para-hydroxylation sites is 1. The number of hydrogen-bond acceptors (Lipinski definition) is 5. The Bertz CT molecular complexity index is 459. The van der Waals surface area contributed by atoms with E-state index in [1.807, 2.05) is 6.92 Å². The molecule has 3 unspecified atom stereocenters. The highest BCUT2D eigenvalue weighted by Crippen LogP contribution is 2.24. The van der Waals surface area contributed by atoms with Gasteiger partial charge in [-0.05, 0) is 19.1 Å². The minimum Gasteiger partial charge on any atom is -0.488 e. The summed E-state index contributed by atoms with van der Waals surface area (Å²) < 4.78 is 23.9. The van der Waals surface area contributed by atoms with E-state index >= 15 is 0 Å². The standard InChI is InChI=1S/C15H22FNO4/c1-11-15(19,6-7-20-11)10-17-8-12(18)9-21-14-5-3-2-4-13(14)16/h2-5,11-12,17-19H,6-10H2,1H3. The monoisotopic (exact) mass is 299 g/mol. The number of halogens is 1. The Morgan fingerprint density at radius 1 is 1.52 bits per heavy atom. The predicted molar refractivity (Wildman–Crippen MR) is 75.8 cm³/mol. The third kappa shape index (κ3) is 4.38. The van der Waals surface area contributed by atoms with Crippen LogP contribution in [-0.4, -0.2) is 54.3 Å². The van der Waals surface area contributed by atoms with Crippen molar-refractivity contribution in [2.45, 2.75) is 31.2 Å². The number of nitrogens with one attached hydrogen (secondary N) is 1. The van der Waals surface area contributed by atoms with Crippen LogP contribution in [0.25, 0.3) is 0 Å². The van der Waals surface area contributed by atoms with Crippen molar-refractivity contribution in [3.8, 4) is 5.75 Å². The van der Waals surface area contributed by atoms with Crippen LogP contribution in [0.1, 0.15) is 13.3 Å². The summed E-state index contributed by atoms with van der Waals surface area (Å²) in [5.74, 6) is -0.336. The van der Waals surface area contributed by atoms with Gasteiger partial charge in [0.25, 0.3) is 0 Å². The van der Waals surface area contributed by atoms with Gasteiger partial charge >= 0.3 is 0 Å². The van der Waals surface area contributed by atoms with Crippen LogP contribution in [0.4, 0.5) is 4.39 Å². The fraction of sp³-hybridized carbons (Fsp3) is 0.600. The zero-order chi connectivity index (χ0) is 15.3. The lowest BCUT2D eigenvalue weighted by molar-refractivity contribution is -0.0280. The maximum Gasteiger partial charge on any atom is 0.165 e. The lowest BCUT2D eigenvalue weighted by atomic mass is 9.97. The summed E-state index contributed by atoms with van der Waals surface area (Å²) >= 11 is 0. The SMILES string of the molecule is CC1OCCC1(O)CNCC(O)COc1ccccc1F. The maximum absolute atomic E-state index is 13.3. The average Bonchev–Trinajstić information content (AvgIpc) is 2.78. The van der Waals surface area contributed by atoms with Gasteiger partial charge < -0.3 is 25.0 Å².